The first-order valence-corrected chi connectivity index (χ1v) is 8.45. The molecule has 21 heavy (non-hydrogen) atoms. The van der Waals surface area contributed by atoms with Crippen molar-refractivity contribution in [2.75, 3.05) is 19.4 Å². The molecule has 0 saturated heterocycles. The maximum absolute atomic E-state index is 12.3. The van der Waals surface area contributed by atoms with Gasteiger partial charge in [0.2, 0.25) is 10.0 Å². The molecule has 1 aromatic rings. The second-order valence-electron chi connectivity index (χ2n) is 4.91. The molecule has 1 unspecified atom stereocenters. The molecule has 0 spiro atoms. The van der Waals surface area contributed by atoms with E-state index in [-0.39, 0.29) is 23.1 Å². The predicted octanol–water partition coefficient (Wildman–Crippen LogP) is 1.35. The summed E-state index contributed by atoms with van der Waals surface area (Å²) in [7, 11) is -2.37. The van der Waals surface area contributed by atoms with Crippen LogP contribution in [-0.4, -0.2) is 33.3 Å². The smallest absolute Gasteiger partial charge is 0.244 e. The van der Waals surface area contributed by atoms with Crippen molar-refractivity contribution in [2.24, 2.45) is 5.92 Å². The van der Waals surface area contributed by atoms with E-state index in [0.717, 1.165) is 12.8 Å². The van der Waals surface area contributed by atoms with Crippen LogP contribution in [0.3, 0.4) is 0 Å². The highest BCUT2D eigenvalue weighted by Gasteiger charge is 2.22. The number of sulfonamides is 1. The Balaban J connectivity index is 2.87. The summed E-state index contributed by atoms with van der Waals surface area (Å²) < 4.78 is 32.0. The molecule has 0 fully saturated rings. The zero-order valence-electron chi connectivity index (χ0n) is 12.7. The van der Waals surface area contributed by atoms with Gasteiger partial charge < -0.3 is 15.6 Å². The molecular formula is C14H24N2O4S. The molecule has 0 heterocycles. The number of methoxy groups -OCH3 is 1. The molecule has 0 amide bonds. The van der Waals surface area contributed by atoms with Gasteiger partial charge in [0, 0.05) is 18.3 Å². The lowest BCUT2D eigenvalue weighted by Crippen LogP contribution is -2.36. The monoisotopic (exact) mass is 316 g/mol. The van der Waals surface area contributed by atoms with Crippen molar-refractivity contribution >= 4 is 15.7 Å². The van der Waals surface area contributed by atoms with Crippen LogP contribution < -0.4 is 15.2 Å². The highest BCUT2D eigenvalue weighted by molar-refractivity contribution is 7.89. The van der Waals surface area contributed by atoms with Crippen LogP contribution in [-0.2, 0) is 10.0 Å². The maximum atomic E-state index is 12.3. The Bertz CT molecular complexity index is 556. The number of anilines is 1. The van der Waals surface area contributed by atoms with Gasteiger partial charge in [-0.25, -0.2) is 13.1 Å². The Labute approximate surface area is 126 Å². The quantitative estimate of drug-likeness (QED) is 0.628. The van der Waals surface area contributed by atoms with E-state index in [4.69, 9.17) is 10.5 Å². The van der Waals surface area contributed by atoms with Crippen molar-refractivity contribution < 1.29 is 18.3 Å². The minimum Gasteiger partial charge on any atom is -0.495 e. The first-order chi connectivity index (χ1) is 9.85. The number of nitrogens with two attached hydrogens (primary N) is 1. The standard InChI is InChI=1S/C14H24N2O4S/c1-4-10(5-2)12(17)9-16-21(18,19)14-7-6-11(15)8-13(14)20-3/h6-8,10,12,16-17H,4-5,9,15H2,1-3H3. The maximum Gasteiger partial charge on any atom is 0.244 e. The van der Waals surface area contributed by atoms with Crippen molar-refractivity contribution in [3.8, 4) is 5.75 Å². The van der Waals surface area contributed by atoms with Crippen LogP contribution in [0.15, 0.2) is 23.1 Å². The van der Waals surface area contributed by atoms with E-state index in [2.05, 4.69) is 4.72 Å². The first kappa shape index (κ1) is 17.7. The highest BCUT2D eigenvalue weighted by Crippen LogP contribution is 2.26. The normalized spacial score (nSPS) is 13.4. The Kier molecular flexibility index (Phi) is 6.44. The molecule has 1 atom stereocenters. The minimum absolute atomic E-state index is 0.0101. The van der Waals surface area contributed by atoms with Crippen LogP contribution in [0.4, 0.5) is 5.69 Å². The number of benzene rings is 1. The molecule has 0 radical (unpaired) electrons. The minimum atomic E-state index is -3.76. The summed E-state index contributed by atoms with van der Waals surface area (Å²) in [5, 5.41) is 10.0. The average Bonchev–Trinajstić information content (AvgIpc) is 2.46. The lowest BCUT2D eigenvalue weighted by molar-refractivity contribution is 0.107. The van der Waals surface area contributed by atoms with Crippen LogP contribution in [0.5, 0.6) is 5.75 Å². The molecular weight excluding hydrogens is 292 g/mol. The molecule has 7 heteroatoms. The van der Waals surface area contributed by atoms with Gasteiger partial charge in [-0.3, -0.25) is 0 Å². The van der Waals surface area contributed by atoms with E-state index >= 15 is 0 Å². The SMILES string of the molecule is CCC(CC)C(O)CNS(=O)(=O)c1ccc(N)cc1OC. The summed E-state index contributed by atoms with van der Waals surface area (Å²) in [5.41, 5.74) is 6.03. The Morgan fingerprint density at radius 1 is 1.33 bits per heavy atom. The molecule has 0 saturated carbocycles. The summed E-state index contributed by atoms with van der Waals surface area (Å²) in [6, 6.07) is 4.33. The summed E-state index contributed by atoms with van der Waals surface area (Å²) in [4.78, 5) is 0.0101. The van der Waals surface area contributed by atoms with Gasteiger partial charge in [0.1, 0.15) is 10.6 Å². The molecule has 1 aromatic carbocycles. The molecule has 0 aliphatic carbocycles. The Hall–Kier alpha value is -1.31. The van der Waals surface area contributed by atoms with E-state index in [1.165, 1.54) is 25.3 Å². The lowest BCUT2D eigenvalue weighted by atomic mass is 9.97. The fraction of sp³-hybridized carbons (Fsp3) is 0.571. The first-order valence-electron chi connectivity index (χ1n) is 6.96. The van der Waals surface area contributed by atoms with E-state index in [0.29, 0.717) is 5.69 Å². The van der Waals surface area contributed by atoms with Gasteiger partial charge in [0.05, 0.1) is 13.2 Å². The van der Waals surface area contributed by atoms with Gasteiger partial charge in [-0.05, 0) is 18.1 Å². The number of nitrogens with one attached hydrogen (secondary N) is 1. The third-order valence-corrected chi connectivity index (χ3v) is 5.02. The molecule has 0 aliphatic rings. The Morgan fingerprint density at radius 2 is 1.95 bits per heavy atom. The molecule has 120 valence electrons. The second kappa shape index (κ2) is 7.63. The fourth-order valence-electron chi connectivity index (χ4n) is 2.18. The Morgan fingerprint density at radius 3 is 2.48 bits per heavy atom. The van der Waals surface area contributed by atoms with Crippen LogP contribution >= 0.6 is 0 Å². The van der Waals surface area contributed by atoms with Gasteiger partial charge >= 0.3 is 0 Å². The number of aliphatic hydroxyl groups is 1. The molecule has 0 bridgehead atoms. The summed E-state index contributed by atoms with van der Waals surface area (Å²) >= 11 is 0. The molecule has 6 nitrogen and oxygen atoms in total. The van der Waals surface area contributed by atoms with Crippen molar-refractivity contribution in [3.05, 3.63) is 18.2 Å². The molecule has 4 N–H and O–H groups in total. The highest BCUT2D eigenvalue weighted by atomic mass is 32.2. The van der Waals surface area contributed by atoms with E-state index in [1.807, 2.05) is 13.8 Å². The van der Waals surface area contributed by atoms with Crippen LogP contribution in [0.1, 0.15) is 26.7 Å². The summed E-state index contributed by atoms with van der Waals surface area (Å²) in [6.45, 7) is 3.91. The third-order valence-electron chi connectivity index (χ3n) is 3.55. The molecule has 0 aliphatic heterocycles. The van der Waals surface area contributed by atoms with Gasteiger partial charge in [-0.1, -0.05) is 26.7 Å². The number of rotatable bonds is 8. The second-order valence-corrected chi connectivity index (χ2v) is 6.64. The van der Waals surface area contributed by atoms with Gasteiger partial charge in [0.15, 0.2) is 0 Å². The summed E-state index contributed by atoms with van der Waals surface area (Å²) in [6.07, 6.45) is 0.879. The average molecular weight is 316 g/mol. The van der Waals surface area contributed by atoms with Crippen molar-refractivity contribution in [1.29, 1.82) is 0 Å². The van der Waals surface area contributed by atoms with E-state index in [9.17, 15) is 13.5 Å². The molecule has 0 aromatic heterocycles. The number of hydrogen-bond acceptors (Lipinski definition) is 5. The van der Waals surface area contributed by atoms with E-state index < -0.39 is 16.1 Å². The van der Waals surface area contributed by atoms with Crippen molar-refractivity contribution in [2.45, 2.75) is 37.7 Å². The van der Waals surface area contributed by atoms with E-state index in [1.54, 1.807) is 0 Å². The van der Waals surface area contributed by atoms with Gasteiger partial charge in [-0.15, -0.1) is 0 Å². The fourth-order valence-corrected chi connectivity index (χ4v) is 3.38. The van der Waals surface area contributed by atoms with Gasteiger partial charge in [-0.2, -0.15) is 0 Å². The van der Waals surface area contributed by atoms with Crippen LogP contribution in [0.25, 0.3) is 0 Å². The lowest BCUT2D eigenvalue weighted by Gasteiger charge is -2.20. The summed E-state index contributed by atoms with van der Waals surface area (Å²) in [5.74, 6) is 0.250. The topological polar surface area (TPSA) is 102 Å². The predicted molar refractivity (Wildman–Crippen MR) is 82.7 cm³/mol. The van der Waals surface area contributed by atoms with Crippen LogP contribution in [0, 0.1) is 5.92 Å². The van der Waals surface area contributed by atoms with Gasteiger partial charge in [0.25, 0.3) is 0 Å². The number of nitrogen functional groups attached to an aromatic ring is 1. The molecule has 1 rings (SSSR count). The zero-order valence-corrected chi connectivity index (χ0v) is 13.5. The third kappa shape index (κ3) is 4.59. The number of aliphatic hydroxyl groups excluding tert-OH is 1. The van der Waals surface area contributed by atoms with Crippen molar-refractivity contribution in [1.82, 2.24) is 4.72 Å². The number of ether oxygens (including phenoxy) is 1. The van der Waals surface area contributed by atoms with Crippen LogP contribution in [0.2, 0.25) is 0 Å². The van der Waals surface area contributed by atoms with Crippen molar-refractivity contribution in [3.63, 3.8) is 0 Å². The zero-order chi connectivity index (χ0) is 16.0. The number of hydrogen-bond donors (Lipinski definition) is 3. The largest absolute Gasteiger partial charge is 0.495 e.